The molecule has 0 radical (unpaired) electrons. The smallest absolute Gasteiger partial charge is 0.334 e. The van der Waals surface area contributed by atoms with Gasteiger partial charge in [0.25, 0.3) is 5.70 Å². The third-order valence-corrected chi connectivity index (χ3v) is 6.06. The van der Waals surface area contributed by atoms with Gasteiger partial charge in [0.15, 0.2) is 0 Å². The number of halogens is 1. The quantitative estimate of drug-likeness (QED) is 0.372. The Balaban J connectivity index is 2.06. The van der Waals surface area contributed by atoms with E-state index in [2.05, 4.69) is 5.32 Å². The summed E-state index contributed by atoms with van der Waals surface area (Å²) in [5.41, 5.74) is 2.19. The highest BCUT2D eigenvalue weighted by molar-refractivity contribution is 7.98. The number of hydrogen-bond donors (Lipinski definition) is 2. The first-order chi connectivity index (χ1) is 13.8. The van der Waals surface area contributed by atoms with Crippen molar-refractivity contribution in [3.05, 3.63) is 97.5 Å². The fraction of sp³-hybridized carbons (Fsp3) is 0.190. The van der Waals surface area contributed by atoms with Gasteiger partial charge in [-0.2, -0.15) is 0 Å². The molecule has 0 aromatic heterocycles. The van der Waals surface area contributed by atoms with Crippen molar-refractivity contribution in [2.45, 2.75) is 30.4 Å². The molecule has 0 aliphatic carbocycles. The zero-order chi connectivity index (χ0) is 21.1. The Hall–Kier alpha value is -2.77. The van der Waals surface area contributed by atoms with Gasteiger partial charge in [0.1, 0.15) is 5.92 Å². The van der Waals surface area contributed by atoms with Crippen LogP contribution in [0.3, 0.4) is 0 Å². The molecule has 150 valence electrons. The maximum Gasteiger partial charge on any atom is 0.334 e. The first-order valence-corrected chi connectivity index (χ1v) is 10.2. The average molecular weight is 431 g/mol. The molecule has 0 spiro atoms. The predicted molar refractivity (Wildman–Crippen MR) is 113 cm³/mol. The van der Waals surface area contributed by atoms with Gasteiger partial charge in [-0.15, -0.1) is 11.8 Å². The van der Waals surface area contributed by atoms with Crippen LogP contribution in [-0.4, -0.2) is 16.0 Å². The van der Waals surface area contributed by atoms with Gasteiger partial charge >= 0.3 is 5.97 Å². The van der Waals surface area contributed by atoms with Gasteiger partial charge < -0.3 is 10.4 Å². The molecule has 0 fully saturated rings. The lowest BCUT2D eigenvalue weighted by molar-refractivity contribution is -0.431. The second-order valence-electron chi connectivity index (χ2n) is 6.63. The van der Waals surface area contributed by atoms with Gasteiger partial charge in [0.2, 0.25) is 0 Å². The molecule has 2 N–H and O–H groups in total. The van der Waals surface area contributed by atoms with Crippen LogP contribution >= 0.6 is 23.4 Å². The number of thioether (sulfide) groups is 1. The summed E-state index contributed by atoms with van der Waals surface area (Å²) in [6.45, 7) is 3.22. The van der Waals surface area contributed by atoms with Gasteiger partial charge in [0, 0.05) is 21.4 Å². The predicted octanol–water partition coefficient (Wildman–Crippen LogP) is 5.19. The van der Waals surface area contributed by atoms with E-state index in [0.717, 1.165) is 10.5 Å². The number of allylic oxidation sites excluding steroid dienone is 3. The molecule has 0 saturated carbocycles. The number of carbonyl (C=O) groups is 1. The van der Waals surface area contributed by atoms with Crippen LogP contribution in [0.15, 0.2) is 76.1 Å². The summed E-state index contributed by atoms with van der Waals surface area (Å²) in [4.78, 5) is 24.1. The van der Waals surface area contributed by atoms with Crippen LogP contribution in [0.25, 0.3) is 0 Å². The number of rotatable bonds is 6. The van der Waals surface area contributed by atoms with Gasteiger partial charge in [-0.3, -0.25) is 10.1 Å². The number of aliphatic carboxylic acids is 1. The molecule has 3 rings (SSSR count). The summed E-state index contributed by atoms with van der Waals surface area (Å²) in [7, 11) is 0. The second-order valence-corrected chi connectivity index (χ2v) is 8.08. The zero-order valence-electron chi connectivity index (χ0n) is 15.8. The highest BCUT2D eigenvalue weighted by Crippen LogP contribution is 2.42. The number of nitro groups is 1. The molecule has 1 aliphatic heterocycles. The molecule has 6 nitrogen and oxygen atoms in total. The van der Waals surface area contributed by atoms with Crippen LogP contribution in [-0.2, 0) is 10.5 Å². The van der Waals surface area contributed by atoms with E-state index >= 15 is 0 Å². The van der Waals surface area contributed by atoms with E-state index in [-0.39, 0.29) is 11.3 Å². The molecule has 1 atom stereocenters. The number of carboxylic acid groups (broad SMARTS) is 1. The molecule has 2 aromatic rings. The van der Waals surface area contributed by atoms with Crippen molar-refractivity contribution in [1.29, 1.82) is 0 Å². The van der Waals surface area contributed by atoms with E-state index < -0.39 is 16.8 Å². The molecule has 0 amide bonds. The van der Waals surface area contributed by atoms with Crippen LogP contribution in [0, 0.1) is 10.1 Å². The van der Waals surface area contributed by atoms with E-state index in [1.165, 1.54) is 11.8 Å². The van der Waals surface area contributed by atoms with E-state index in [1.54, 1.807) is 32.0 Å². The largest absolute Gasteiger partial charge is 0.478 e. The van der Waals surface area contributed by atoms with Crippen LogP contribution in [0.1, 0.15) is 30.9 Å². The summed E-state index contributed by atoms with van der Waals surface area (Å²) < 4.78 is 0. The molecule has 0 bridgehead atoms. The minimum Gasteiger partial charge on any atom is -0.478 e. The first-order valence-electron chi connectivity index (χ1n) is 8.82. The van der Waals surface area contributed by atoms with Crippen LogP contribution < -0.4 is 5.32 Å². The number of nitrogens with one attached hydrogen (secondary N) is 1. The fourth-order valence-electron chi connectivity index (χ4n) is 3.45. The SMILES string of the molecule is CC1=C(C(=O)O)C(c2ccccc2SCc2cccc(Cl)c2)C([N+](=O)[O-])=C(C)N1. The lowest BCUT2D eigenvalue weighted by Crippen LogP contribution is -2.31. The fourth-order valence-corrected chi connectivity index (χ4v) is 4.69. The topological polar surface area (TPSA) is 92.5 Å². The Morgan fingerprint density at radius 1 is 1.21 bits per heavy atom. The van der Waals surface area contributed by atoms with Gasteiger partial charge in [0.05, 0.1) is 16.2 Å². The molecule has 2 aromatic carbocycles. The monoisotopic (exact) mass is 430 g/mol. The van der Waals surface area contributed by atoms with Gasteiger partial charge in [-0.05, 0) is 43.2 Å². The number of benzene rings is 2. The molecular formula is C21H19ClN2O4S. The Labute approximate surface area is 177 Å². The first kappa shape index (κ1) is 21.0. The van der Waals surface area contributed by atoms with Gasteiger partial charge in [-0.25, -0.2) is 4.79 Å². The summed E-state index contributed by atoms with van der Waals surface area (Å²) in [6.07, 6.45) is 0. The second kappa shape index (κ2) is 8.71. The summed E-state index contributed by atoms with van der Waals surface area (Å²) in [5.74, 6) is -1.54. The zero-order valence-corrected chi connectivity index (χ0v) is 17.4. The van der Waals surface area contributed by atoms with Crippen molar-refractivity contribution in [3.8, 4) is 0 Å². The van der Waals surface area contributed by atoms with Crippen LogP contribution in [0.2, 0.25) is 5.02 Å². The molecular weight excluding hydrogens is 412 g/mol. The lowest BCUT2D eigenvalue weighted by atomic mass is 9.84. The van der Waals surface area contributed by atoms with E-state index in [0.29, 0.717) is 27.7 Å². The summed E-state index contributed by atoms with van der Waals surface area (Å²) in [6, 6.07) is 14.7. The number of dihydropyridines is 1. The summed E-state index contributed by atoms with van der Waals surface area (Å²) >= 11 is 7.54. The molecule has 1 aliphatic rings. The third kappa shape index (κ3) is 4.46. The third-order valence-electron chi connectivity index (χ3n) is 4.67. The highest BCUT2D eigenvalue weighted by atomic mass is 35.5. The van der Waals surface area contributed by atoms with Crippen LogP contribution in [0.4, 0.5) is 0 Å². The molecule has 1 unspecified atom stereocenters. The van der Waals surface area contributed by atoms with E-state index in [4.69, 9.17) is 11.6 Å². The minimum absolute atomic E-state index is 0.0156. The lowest BCUT2D eigenvalue weighted by Gasteiger charge is -2.26. The summed E-state index contributed by atoms with van der Waals surface area (Å²) in [5, 5.41) is 25.1. The average Bonchev–Trinajstić information content (AvgIpc) is 2.65. The van der Waals surface area contributed by atoms with Gasteiger partial charge in [-0.1, -0.05) is 41.9 Å². The minimum atomic E-state index is -1.18. The van der Waals surface area contributed by atoms with Crippen molar-refractivity contribution < 1.29 is 14.8 Å². The maximum absolute atomic E-state index is 12.0. The van der Waals surface area contributed by atoms with E-state index in [9.17, 15) is 20.0 Å². The molecule has 0 saturated heterocycles. The van der Waals surface area contributed by atoms with Crippen molar-refractivity contribution in [3.63, 3.8) is 0 Å². The standard InChI is InChI=1S/C21H19ClN2O4S/c1-12-18(21(25)26)19(20(24(27)28)13(2)23-12)16-8-3-4-9-17(16)29-11-14-6-5-7-15(22)10-14/h3-10,19,23H,11H2,1-2H3,(H,25,26). The molecule has 8 heteroatoms. The Kier molecular flexibility index (Phi) is 6.30. The normalized spacial score (nSPS) is 16.6. The van der Waals surface area contributed by atoms with Crippen molar-refractivity contribution >= 4 is 29.3 Å². The Morgan fingerprint density at radius 2 is 1.93 bits per heavy atom. The number of carboxylic acids is 1. The Morgan fingerprint density at radius 3 is 2.59 bits per heavy atom. The highest BCUT2D eigenvalue weighted by Gasteiger charge is 2.41. The van der Waals surface area contributed by atoms with E-state index in [1.807, 2.05) is 30.3 Å². The Bertz CT molecular complexity index is 1010. The van der Waals surface area contributed by atoms with Crippen LogP contribution in [0.5, 0.6) is 0 Å². The van der Waals surface area contributed by atoms with Crippen molar-refractivity contribution in [2.75, 3.05) is 0 Å². The number of hydrogen-bond acceptors (Lipinski definition) is 5. The number of nitrogens with zero attached hydrogens (tertiary/aromatic N) is 1. The van der Waals surface area contributed by atoms with Crippen molar-refractivity contribution in [2.24, 2.45) is 0 Å². The maximum atomic E-state index is 12.0. The van der Waals surface area contributed by atoms with Crippen molar-refractivity contribution in [1.82, 2.24) is 5.32 Å². The molecule has 29 heavy (non-hydrogen) atoms. The molecule has 1 heterocycles.